The van der Waals surface area contributed by atoms with E-state index in [1.165, 1.54) is 19.1 Å². The molecule has 0 bridgehead atoms. The van der Waals surface area contributed by atoms with Crippen LogP contribution in [0.2, 0.25) is 0 Å². The van der Waals surface area contributed by atoms with Crippen LogP contribution in [0.3, 0.4) is 0 Å². The summed E-state index contributed by atoms with van der Waals surface area (Å²) in [5.41, 5.74) is 1.25. The molecular weight excluding hydrogens is 474 g/mol. The summed E-state index contributed by atoms with van der Waals surface area (Å²) in [6.45, 7) is 4.69. The number of carbonyl (C=O) groups excluding carboxylic acids is 2. The number of carbonyl (C=O) groups is 2. The Hall–Kier alpha value is -4.46. The number of aliphatic hydroxyl groups is 1. The zero-order chi connectivity index (χ0) is 26.5. The lowest BCUT2D eigenvalue weighted by Gasteiger charge is -2.26. The molecule has 1 fully saturated rings. The second-order valence-electron chi connectivity index (χ2n) is 8.17. The van der Waals surface area contributed by atoms with Crippen LogP contribution in [0.4, 0.5) is 5.69 Å². The third kappa shape index (κ3) is 4.95. The van der Waals surface area contributed by atoms with E-state index in [1.54, 1.807) is 66.7 Å². The smallest absolute Gasteiger partial charge is 0.300 e. The Morgan fingerprint density at radius 3 is 2.16 bits per heavy atom. The van der Waals surface area contributed by atoms with Gasteiger partial charge in [0.25, 0.3) is 11.7 Å². The number of methoxy groups -OCH3 is 2. The number of aliphatic hydroxyl groups excluding tert-OH is 1. The maximum absolute atomic E-state index is 13.5. The molecule has 1 aliphatic heterocycles. The summed E-state index contributed by atoms with van der Waals surface area (Å²) in [7, 11) is 2.95. The van der Waals surface area contributed by atoms with Gasteiger partial charge < -0.3 is 24.1 Å². The number of rotatable bonds is 9. The number of hydrogen-bond donors (Lipinski definition) is 1. The van der Waals surface area contributed by atoms with Gasteiger partial charge in [-0.2, -0.15) is 0 Å². The first-order chi connectivity index (χ1) is 17.9. The number of amides is 1. The Balaban J connectivity index is 1.94. The first-order valence-corrected chi connectivity index (χ1v) is 11.9. The normalized spacial score (nSPS) is 16.5. The number of benzene rings is 3. The van der Waals surface area contributed by atoms with Crippen molar-refractivity contribution >= 4 is 23.1 Å². The third-order valence-electron chi connectivity index (χ3n) is 6.02. The summed E-state index contributed by atoms with van der Waals surface area (Å²) < 4.78 is 21.9. The van der Waals surface area contributed by atoms with Gasteiger partial charge in [0.05, 0.1) is 44.6 Å². The van der Waals surface area contributed by atoms with Gasteiger partial charge in [-0.05, 0) is 61.9 Å². The molecule has 0 aliphatic carbocycles. The Morgan fingerprint density at radius 1 is 0.838 bits per heavy atom. The molecule has 1 heterocycles. The topological polar surface area (TPSA) is 94.5 Å². The highest BCUT2D eigenvalue weighted by Crippen LogP contribution is 2.44. The predicted molar refractivity (Wildman–Crippen MR) is 140 cm³/mol. The molecule has 1 aliphatic rings. The third-order valence-corrected chi connectivity index (χ3v) is 6.02. The molecule has 192 valence electrons. The van der Waals surface area contributed by atoms with Crippen molar-refractivity contribution in [2.45, 2.75) is 19.9 Å². The summed E-state index contributed by atoms with van der Waals surface area (Å²) in [5.74, 6) is 0.0418. The highest BCUT2D eigenvalue weighted by atomic mass is 16.5. The van der Waals surface area contributed by atoms with Crippen LogP contribution in [-0.4, -0.2) is 44.2 Å². The van der Waals surface area contributed by atoms with Gasteiger partial charge in [0.2, 0.25) is 0 Å². The fraction of sp³-hybridized carbons (Fsp3) is 0.241. The largest absolute Gasteiger partial charge is 0.507 e. The second-order valence-corrected chi connectivity index (χ2v) is 8.17. The van der Waals surface area contributed by atoms with Gasteiger partial charge in [0.15, 0.2) is 0 Å². The van der Waals surface area contributed by atoms with Crippen LogP contribution in [0.25, 0.3) is 5.76 Å². The summed E-state index contributed by atoms with van der Waals surface area (Å²) in [6, 6.07) is 18.0. The molecule has 1 N–H and O–H groups in total. The fourth-order valence-corrected chi connectivity index (χ4v) is 4.36. The first-order valence-electron chi connectivity index (χ1n) is 11.9. The van der Waals surface area contributed by atoms with E-state index in [0.717, 1.165) is 0 Å². The predicted octanol–water partition coefficient (Wildman–Crippen LogP) is 5.13. The van der Waals surface area contributed by atoms with E-state index < -0.39 is 17.7 Å². The van der Waals surface area contributed by atoms with Crippen molar-refractivity contribution in [1.82, 2.24) is 0 Å². The van der Waals surface area contributed by atoms with Crippen molar-refractivity contribution in [3.63, 3.8) is 0 Å². The Kier molecular flexibility index (Phi) is 7.67. The van der Waals surface area contributed by atoms with Gasteiger partial charge in [-0.15, -0.1) is 0 Å². The number of anilines is 1. The lowest BCUT2D eigenvalue weighted by Crippen LogP contribution is -2.29. The summed E-state index contributed by atoms with van der Waals surface area (Å²) in [6.07, 6.45) is 0. The second kappa shape index (κ2) is 11.1. The lowest BCUT2D eigenvalue weighted by molar-refractivity contribution is -0.132. The lowest BCUT2D eigenvalue weighted by atomic mass is 9.94. The summed E-state index contributed by atoms with van der Waals surface area (Å²) in [5, 5.41) is 11.5. The maximum Gasteiger partial charge on any atom is 0.300 e. The average molecular weight is 504 g/mol. The van der Waals surface area contributed by atoms with Crippen molar-refractivity contribution in [3.8, 4) is 23.0 Å². The zero-order valence-electron chi connectivity index (χ0n) is 21.2. The van der Waals surface area contributed by atoms with Crippen molar-refractivity contribution in [1.29, 1.82) is 0 Å². The zero-order valence-corrected chi connectivity index (χ0v) is 21.2. The molecule has 8 heteroatoms. The summed E-state index contributed by atoms with van der Waals surface area (Å²) in [4.78, 5) is 28.3. The minimum Gasteiger partial charge on any atom is -0.507 e. The monoisotopic (exact) mass is 503 g/mol. The molecular formula is C29H29NO7. The molecule has 1 unspecified atom stereocenters. The van der Waals surface area contributed by atoms with Gasteiger partial charge in [-0.1, -0.05) is 18.2 Å². The van der Waals surface area contributed by atoms with Gasteiger partial charge in [0, 0.05) is 11.8 Å². The molecule has 1 atom stereocenters. The van der Waals surface area contributed by atoms with Crippen molar-refractivity contribution < 1.29 is 33.6 Å². The fourth-order valence-electron chi connectivity index (χ4n) is 4.36. The Morgan fingerprint density at radius 2 is 1.51 bits per heavy atom. The van der Waals surface area contributed by atoms with Crippen LogP contribution in [0.5, 0.6) is 23.0 Å². The van der Waals surface area contributed by atoms with Crippen LogP contribution < -0.4 is 23.8 Å². The minimum absolute atomic E-state index is 0.0671. The van der Waals surface area contributed by atoms with Crippen LogP contribution in [0.1, 0.15) is 31.0 Å². The molecule has 0 spiro atoms. The first kappa shape index (κ1) is 25.6. The van der Waals surface area contributed by atoms with Crippen molar-refractivity contribution in [2.75, 3.05) is 32.3 Å². The number of hydrogen-bond acceptors (Lipinski definition) is 7. The number of nitrogens with zero attached hydrogens (tertiary/aromatic N) is 1. The quantitative estimate of drug-likeness (QED) is 0.246. The summed E-state index contributed by atoms with van der Waals surface area (Å²) >= 11 is 0. The van der Waals surface area contributed by atoms with E-state index in [-0.39, 0.29) is 16.9 Å². The van der Waals surface area contributed by atoms with Crippen LogP contribution in [0.15, 0.2) is 72.3 Å². The molecule has 37 heavy (non-hydrogen) atoms. The molecule has 3 aromatic rings. The standard InChI is InChI=1S/C29H29NO7/c1-5-36-20-12-10-18(11-13-20)26-25(27(31)23-17-21(34-3)14-15-24(23)35-4)28(32)29(33)30(26)19-8-7-9-22(16-19)37-6-2/h7-17,26,31H,5-6H2,1-4H3/b27-25+. The minimum atomic E-state index is -0.913. The Labute approximate surface area is 215 Å². The number of Topliss-reactive ketones (excluding diaryl/α,β-unsaturated/α-hetero) is 1. The van der Waals surface area contributed by atoms with Crippen LogP contribution in [-0.2, 0) is 9.59 Å². The van der Waals surface area contributed by atoms with Crippen molar-refractivity contribution in [3.05, 3.63) is 83.4 Å². The van der Waals surface area contributed by atoms with E-state index in [1.807, 2.05) is 13.8 Å². The molecule has 1 amide bonds. The van der Waals surface area contributed by atoms with Crippen LogP contribution in [0, 0.1) is 0 Å². The average Bonchev–Trinajstić information content (AvgIpc) is 3.19. The highest BCUT2D eigenvalue weighted by molar-refractivity contribution is 6.51. The van der Waals surface area contributed by atoms with Crippen molar-refractivity contribution in [2.24, 2.45) is 0 Å². The highest BCUT2D eigenvalue weighted by Gasteiger charge is 2.47. The number of ketones is 1. The SMILES string of the molecule is CCOc1ccc(C2/C(=C(\O)c3cc(OC)ccc3OC)C(=O)C(=O)N2c2cccc(OCC)c2)cc1. The van der Waals surface area contributed by atoms with Gasteiger partial charge in [-0.3, -0.25) is 14.5 Å². The molecule has 8 nitrogen and oxygen atoms in total. The molecule has 0 saturated carbocycles. The molecule has 3 aromatic carbocycles. The van der Waals surface area contributed by atoms with E-state index in [2.05, 4.69) is 0 Å². The molecule has 0 radical (unpaired) electrons. The maximum atomic E-state index is 13.5. The van der Waals surface area contributed by atoms with E-state index in [9.17, 15) is 14.7 Å². The number of ether oxygens (including phenoxy) is 4. The van der Waals surface area contributed by atoms with Gasteiger partial charge >= 0.3 is 0 Å². The van der Waals surface area contributed by atoms with Crippen LogP contribution >= 0.6 is 0 Å². The molecule has 4 rings (SSSR count). The van der Waals surface area contributed by atoms with E-state index >= 15 is 0 Å². The van der Waals surface area contributed by atoms with Gasteiger partial charge in [-0.25, -0.2) is 0 Å². The van der Waals surface area contributed by atoms with Gasteiger partial charge in [0.1, 0.15) is 28.8 Å². The Bertz CT molecular complexity index is 1330. The van der Waals surface area contributed by atoms with E-state index in [0.29, 0.717) is 47.5 Å². The van der Waals surface area contributed by atoms with E-state index in [4.69, 9.17) is 18.9 Å². The molecule has 1 saturated heterocycles. The molecule has 0 aromatic heterocycles.